The molecule has 0 unspecified atom stereocenters. The molecule has 5 heteroatoms. The minimum atomic E-state index is -0.660. The minimum Gasteiger partial charge on any atom is -0.395 e. The molecule has 0 saturated carbocycles. The van der Waals surface area contributed by atoms with E-state index in [9.17, 15) is 4.79 Å². The summed E-state index contributed by atoms with van der Waals surface area (Å²) in [6, 6.07) is 1.44. The first kappa shape index (κ1) is 9.73. The predicted molar refractivity (Wildman–Crippen MR) is 45.1 cm³/mol. The van der Waals surface area contributed by atoms with E-state index >= 15 is 0 Å². The summed E-state index contributed by atoms with van der Waals surface area (Å²) in [6.45, 7) is 3.50. The third-order valence-electron chi connectivity index (χ3n) is 1.84. The van der Waals surface area contributed by atoms with Crippen molar-refractivity contribution in [2.45, 2.75) is 19.3 Å². The molecule has 1 aromatic rings. The monoisotopic (exact) mass is 184 g/mol. The fourth-order valence-corrected chi connectivity index (χ4v) is 0.791. The van der Waals surface area contributed by atoms with Crippen molar-refractivity contribution in [3.8, 4) is 0 Å². The first-order chi connectivity index (χ1) is 5.97. The zero-order chi connectivity index (χ0) is 10.1. The number of nitrogens with two attached hydrogens (primary N) is 1. The molecule has 0 radical (unpaired) electrons. The van der Waals surface area contributed by atoms with Gasteiger partial charge in [0, 0.05) is 11.5 Å². The van der Waals surface area contributed by atoms with Crippen molar-refractivity contribution in [3.63, 3.8) is 0 Å². The van der Waals surface area contributed by atoms with Crippen molar-refractivity contribution in [1.82, 2.24) is 5.16 Å². The zero-order valence-electron chi connectivity index (χ0n) is 7.57. The lowest BCUT2D eigenvalue weighted by atomic mass is 9.90. The first-order valence-electron chi connectivity index (χ1n) is 3.85. The van der Waals surface area contributed by atoms with Crippen LogP contribution in [0.3, 0.4) is 0 Å². The van der Waals surface area contributed by atoms with Crippen molar-refractivity contribution in [2.24, 2.45) is 5.73 Å². The highest BCUT2D eigenvalue weighted by Crippen LogP contribution is 2.21. The Balaban J connectivity index is 2.98. The highest BCUT2D eigenvalue weighted by atomic mass is 16.5. The van der Waals surface area contributed by atoms with E-state index in [2.05, 4.69) is 9.68 Å². The van der Waals surface area contributed by atoms with Gasteiger partial charge in [-0.05, 0) is 0 Å². The van der Waals surface area contributed by atoms with Gasteiger partial charge in [-0.15, -0.1) is 0 Å². The predicted octanol–water partition coefficient (Wildman–Crippen LogP) is 0.0434. The van der Waals surface area contributed by atoms with Crippen molar-refractivity contribution >= 4 is 5.91 Å². The number of nitrogens with zero attached hydrogens (tertiary/aromatic N) is 1. The second kappa shape index (κ2) is 3.18. The Bertz CT molecular complexity index is 317. The average Bonchev–Trinajstić information content (AvgIpc) is 2.52. The molecule has 1 rings (SSSR count). The lowest BCUT2D eigenvalue weighted by Crippen LogP contribution is -2.22. The van der Waals surface area contributed by atoms with Crippen LogP contribution in [0.15, 0.2) is 10.6 Å². The molecule has 0 aliphatic carbocycles. The van der Waals surface area contributed by atoms with E-state index < -0.39 is 11.3 Å². The third-order valence-corrected chi connectivity index (χ3v) is 1.84. The molecule has 0 bridgehead atoms. The lowest BCUT2D eigenvalue weighted by Gasteiger charge is -2.16. The molecule has 1 aromatic heterocycles. The maximum atomic E-state index is 10.7. The molecule has 5 nitrogen and oxygen atoms in total. The fraction of sp³-hybridized carbons (Fsp3) is 0.500. The van der Waals surface area contributed by atoms with Gasteiger partial charge in [-0.25, -0.2) is 0 Å². The number of aliphatic hydroxyl groups excluding tert-OH is 1. The second-order valence-electron chi connectivity index (χ2n) is 3.48. The molecule has 72 valence electrons. The van der Waals surface area contributed by atoms with E-state index in [0.717, 1.165) is 0 Å². The number of rotatable bonds is 3. The van der Waals surface area contributed by atoms with Crippen molar-refractivity contribution in [3.05, 3.63) is 17.5 Å². The molecule has 1 amide bonds. The van der Waals surface area contributed by atoms with Gasteiger partial charge in [-0.2, -0.15) is 0 Å². The van der Waals surface area contributed by atoms with Crippen LogP contribution < -0.4 is 5.73 Å². The lowest BCUT2D eigenvalue weighted by molar-refractivity contribution is 0.0964. The van der Waals surface area contributed by atoms with Crippen LogP contribution in [0.2, 0.25) is 0 Å². The number of aromatic nitrogens is 1. The molecule has 0 fully saturated rings. The van der Waals surface area contributed by atoms with Crippen LogP contribution in [0.1, 0.15) is 30.1 Å². The van der Waals surface area contributed by atoms with Crippen molar-refractivity contribution in [2.75, 3.05) is 6.61 Å². The van der Waals surface area contributed by atoms with E-state index in [1.165, 1.54) is 6.07 Å². The molecule has 0 atom stereocenters. The molecule has 3 N–H and O–H groups in total. The van der Waals surface area contributed by atoms with Crippen LogP contribution in [0.25, 0.3) is 0 Å². The average molecular weight is 184 g/mol. The van der Waals surface area contributed by atoms with Gasteiger partial charge in [0.05, 0.1) is 12.3 Å². The Morgan fingerprint density at radius 3 is 2.77 bits per heavy atom. The van der Waals surface area contributed by atoms with Crippen LogP contribution in [0.5, 0.6) is 0 Å². The molecule has 0 aliphatic heterocycles. The van der Waals surface area contributed by atoms with Gasteiger partial charge >= 0.3 is 0 Å². The van der Waals surface area contributed by atoms with E-state index in [4.69, 9.17) is 10.8 Å². The molecule has 1 heterocycles. The highest BCUT2D eigenvalue weighted by molar-refractivity contribution is 5.89. The van der Waals surface area contributed by atoms with Crippen molar-refractivity contribution in [1.29, 1.82) is 0 Å². The smallest absolute Gasteiger partial charge is 0.287 e. The van der Waals surface area contributed by atoms with Gasteiger partial charge in [-0.1, -0.05) is 19.0 Å². The SMILES string of the molecule is CC(C)(CO)c1cc(C(N)=O)on1. The Morgan fingerprint density at radius 1 is 1.77 bits per heavy atom. The molecule has 0 aromatic carbocycles. The standard InChI is InChI=1S/C8H12N2O3/c1-8(2,4-11)6-3-5(7(9)12)13-10-6/h3,11H,4H2,1-2H3,(H2,9,12). The summed E-state index contributed by atoms with van der Waals surface area (Å²) in [5.41, 5.74) is 4.98. The summed E-state index contributed by atoms with van der Waals surface area (Å²) in [7, 11) is 0. The van der Waals surface area contributed by atoms with Crippen LogP contribution in [0, 0.1) is 0 Å². The number of carbonyl (C=O) groups excluding carboxylic acids is 1. The molecule has 0 spiro atoms. The molecular formula is C8H12N2O3. The summed E-state index contributed by atoms with van der Waals surface area (Å²) in [5.74, 6) is -0.649. The summed E-state index contributed by atoms with van der Waals surface area (Å²) in [5, 5.41) is 12.6. The Morgan fingerprint density at radius 2 is 2.38 bits per heavy atom. The largest absolute Gasteiger partial charge is 0.395 e. The van der Waals surface area contributed by atoms with Crippen LogP contribution in [-0.4, -0.2) is 22.8 Å². The van der Waals surface area contributed by atoms with E-state index in [1.54, 1.807) is 13.8 Å². The zero-order valence-corrected chi connectivity index (χ0v) is 7.57. The van der Waals surface area contributed by atoms with Crippen molar-refractivity contribution < 1.29 is 14.4 Å². The second-order valence-corrected chi connectivity index (χ2v) is 3.48. The molecule has 0 saturated heterocycles. The Labute approximate surface area is 75.5 Å². The number of hydrogen-bond donors (Lipinski definition) is 2. The topological polar surface area (TPSA) is 89.4 Å². The number of amides is 1. The summed E-state index contributed by atoms with van der Waals surface area (Å²) in [6.07, 6.45) is 0. The van der Waals surface area contributed by atoms with Gasteiger partial charge in [0.25, 0.3) is 5.91 Å². The maximum absolute atomic E-state index is 10.7. The van der Waals surface area contributed by atoms with Crippen LogP contribution >= 0.6 is 0 Å². The number of primary amides is 1. The summed E-state index contributed by atoms with van der Waals surface area (Å²) < 4.78 is 4.68. The third kappa shape index (κ3) is 1.86. The minimum absolute atomic E-state index is 0.0107. The molecular weight excluding hydrogens is 172 g/mol. The number of hydrogen-bond acceptors (Lipinski definition) is 4. The van der Waals surface area contributed by atoms with Gasteiger partial charge in [-0.3, -0.25) is 4.79 Å². The Kier molecular flexibility index (Phi) is 2.38. The van der Waals surface area contributed by atoms with Crippen LogP contribution in [-0.2, 0) is 5.41 Å². The van der Waals surface area contributed by atoms with Gasteiger partial charge in [0.1, 0.15) is 0 Å². The summed E-state index contributed by atoms with van der Waals surface area (Å²) in [4.78, 5) is 10.7. The number of aliphatic hydroxyl groups is 1. The van der Waals surface area contributed by atoms with Crippen LogP contribution in [0.4, 0.5) is 0 Å². The van der Waals surface area contributed by atoms with Gasteiger partial charge in [0.2, 0.25) is 5.76 Å². The number of carbonyl (C=O) groups is 1. The normalized spacial score (nSPS) is 11.6. The van der Waals surface area contributed by atoms with Gasteiger partial charge < -0.3 is 15.4 Å². The van der Waals surface area contributed by atoms with E-state index in [0.29, 0.717) is 5.69 Å². The molecule has 13 heavy (non-hydrogen) atoms. The quantitative estimate of drug-likeness (QED) is 0.694. The van der Waals surface area contributed by atoms with E-state index in [1.807, 2.05) is 0 Å². The maximum Gasteiger partial charge on any atom is 0.287 e. The fourth-order valence-electron chi connectivity index (χ4n) is 0.791. The Hall–Kier alpha value is -1.36. The summed E-state index contributed by atoms with van der Waals surface area (Å²) >= 11 is 0. The van der Waals surface area contributed by atoms with E-state index in [-0.39, 0.29) is 12.4 Å². The highest BCUT2D eigenvalue weighted by Gasteiger charge is 2.24. The molecule has 0 aliphatic rings. The van der Waals surface area contributed by atoms with Gasteiger partial charge in [0.15, 0.2) is 0 Å². The first-order valence-corrected chi connectivity index (χ1v) is 3.85.